The van der Waals surface area contributed by atoms with Crippen molar-refractivity contribution in [3.05, 3.63) is 89.0 Å². The zero-order valence-corrected chi connectivity index (χ0v) is 21.4. The Balaban J connectivity index is 1.55. The molecule has 0 aliphatic heterocycles. The maximum atomic E-state index is 11.5. The molecule has 37 heavy (non-hydrogen) atoms. The SMILES string of the molecule is CCCCn1c2ccccc2c2cc(-c3ccc4c(c3)c3cc([N+](=O)[O-])ccc3n4CCCC)ccc21. The monoisotopic (exact) mass is 489 g/mol. The van der Waals surface area contributed by atoms with Gasteiger partial charge in [0.1, 0.15) is 0 Å². The van der Waals surface area contributed by atoms with E-state index in [4.69, 9.17) is 0 Å². The lowest BCUT2D eigenvalue weighted by Crippen LogP contribution is -1.97. The van der Waals surface area contributed by atoms with Crippen LogP contribution in [0.25, 0.3) is 54.7 Å². The van der Waals surface area contributed by atoms with E-state index in [1.165, 1.54) is 21.8 Å². The van der Waals surface area contributed by atoms with Crippen molar-refractivity contribution in [3.8, 4) is 11.1 Å². The summed E-state index contributed by atoms with van der Waals surface area (Å²) >= 11 is 0. The number of benzene rings is 4. The molecule has 0 saturated carbocycles. The minimum Gasteiger partial charge on any atom is -0.340 e. The molecule has 4 aromatic carbocycles. The van der Waals surface area contributed by atoms with Crippen molar-refractivity contribution in [2.24, 2.45) is 0 Å². The predicted octanol–water partition coefficient (Wildman–Crippen LogP) is 9.08. The fourth-order valence-corrected chi connectivity index (χ4v) is 5.73. The van der Waals surface area contributed by atoms with Gasteiger partial charge < -0.3 is 9.13 Å². The first kappa shape index (κ1) is 23.3. The molecule has 0 atom stereocenters. The molecular weight excluding hydrogens is 458 g/mol. The highest BCUT2D eigenvalue weighted by molar-refractivity contribution is 6.11. The van der Waals surface area contributed by atoms with Gasteiger partial charge in [-0.15, -0.1) is 0 Å². The highest BCUT2D eigenvalue weighted by Gasteiger charge is 2.16. The van der Waals surface area contributed by atoms with E-state index in [9.17, 15) is 10.1 Å². The van der Waals surface area contributed by atoms with E-state index in [-0.39, 0.29) is 10.6 Å². The Hall–Kier alpha value is -4.12. The summed E-state index contributed by atoms with van der Waals surface area (Å²) in [5.41, 5.74) is 7.16. The summed E-state index contributed by atoms with van der Waals surface area (Å²) in [6.07, 6.45) is 4.48. The van der Waals surface area contributed by atoms with Crippen LogP contribution in [0.15, 0.2) is 78.9 Å². The maximum Gasteiger partial charge on any atom is 0.270 e. The van der Waals surface area contributed by atoms with Gasteiger partial charge in [0, 0.05) is 68.8 Å². The van der Waals surface area contributed by atoms with Crippen LogP contribution in [0.2, 0.25) is 0 Å². The molecule has 186 valence electrons. The minimum absolute atomic E-state index is 0.133. The molecule has 6 aromatic rings. The van der Waals surface area contributed by atoms with Gasteiger partial charge in [-0.25, -0.2) is 0 Å². The molecule has 0 radical (unpaired) electrons. The van der Waals surface area contributed by atoms with Crippen molar-refractivity contribution in [2.75, 3.05) is 0 Å². The summed E-state index contributed by atoms with van der Waals surface area (Å²) in [5.74, 6) is 0. The Morgan fingerprint density at radius 3 is 1.68 bits per heavy atom. The van der Waals surface area contributed by atoms with Crippen molar-refractivity contribution in [1.29, 1.82) is 0 Å². The molecular formula is C32H31N3O2. The van der Waals surface area contributed by atoms with Gasteiger partial charge in [-0.3, -0.25) is 10.1 Å². The smallest absolute Gasteiger partial charge is 0.270 e. The normalized spacial score (nSPS) is 11.8. The number of nitro benzene ring substituents is 1. The van der Waals surface area contributed by atoms with Gasteiger partial charge in [0.05, 0.1) is 4.92 Å². The van der Waals surface area contributed by atoms with Gasteiger partial charge >= 0.3 is 0 Å². The molecule has 6 rings (SSSR count). The average molecular weight is 490 g/mol. The van der Waals surface area contributed by atoms with Crippen molar-refractivity contribution in [3.63, 3.8) is 0 Å². The quantitative estimate of drug-likeness (QED) is 0.158. The molecule has 5 heteroatoms. The van der Waals surface area contributed by atoms with Crippen LogP contribution < -0.4 is 0 Å². The average Bonchev–Trinajstić information content (AvgIpc) is 3.41. The zero-order chi connectivity index (χ0) is 25.5. The van der Waals surface area contributed by atoms with Gasteiger partial charge in [0.25, 0.3) is 5.69 Å². The van der Waals surface area contributed by atoms with E-state index in [0.717, 1.165) is 71.7 Å². The Labute approximate surface area is 216 Å². The number of nitro groups is 1. The number of fused-ring (bicyclic) bond motifs is 6. The lowest BCUT2D eigenvalue weighted by Gasteiger charge is -2.08. The zero-order valence-electron chi connectivity index (χ0n) is 21.4. The van der Waals surface area contributed by atoms with Gasteiger partial charge in [-0.05, 0) is 60.4 Å². The molecule has 0 spiro atoms. The first-order valence-electron chi connectivity index (χ1n) is 13.3. The van der Waals surface area contributed by atoms with Crippen LogP contribution in [0.5, 0.6) is 0 Å². The van der Waals surface area contributed by atoms with Crippen molar-refractivity contribution >= 4 is 49.3 Å². The van der Waals surface area contributed by atoms with E-state index in [1.54, 1.807) is 12.1 Å². The lowest BCUT2D eigenvalue weighted by atomic mass is 10.0. The highest BCUT2D eigenvalue weighted by Crippen LogP contribution is 2.37. The lowest BCUT2D eigenvalue weighted by molar-refractivity contribution is -0.384. The fourth-order valence-electron chi connectivity index (χ4n) is 5.73. The predicted molar refractivity (Wildman–Crippen MR) is 154 cm³/mol. The van der Waals surface area contributed by atoms with E-state index >= 15 is 0 Å². The summed E-state index contributed by atoms with van der Waals surface area (Å²) in [7, 11) is 0. The molecule has 0 unspecified atom stereocenters. The third-order valence-electron chi connectivity index (χ3n) is 7.64. The number of unbranched alkanes of at least 4 members (excludes halogenated alkanes) is 2. The summed E-state index contributed by atoms with van der Waals surface area (Å²) in [6, 6.07) is 27.3. The number of non-ortho nitro benzene ring substituents is 1. The molecule has 0 fully saturated rings. The highest BCUT2D eigenvalue weighted by atomic mass is 16.6. The number of rotatable bonds is 8. The molecule has 0 aliphatic carbocycles. The molecule has 0 aliphatic rings. The third-order valence-corrected chi connectivity index (χ3v) is 7.64. The van der Waals surface area contributed by atoms with Crippen molar-refractivity contribution in [2.45, 2.75) is 52.6 Å². The topological polar surface area (TPSA) is 53.0 Å². The van der Waals surface area contributed by atoms with Crippen molar-refractivity contribution in [1.82, 2.24) is 9.13 Å². The van der Waals surface area contributed by atoms with Gasteiger partial charge in [0.15, 0.2) is 0 Å². The van der Waals surface area contributed by atoms with Crippen molar-refractivity contribution < 1.29 is 4.92 Å². The van der Waals surface area contributed by atoms with E-state index in [0.29, 0.717) is 0 Å². The maximum absolute atomic E-state index is 11.5. The largest absolute Gasteiger partial charge is 0.340 e. The van der Waals surface area contributed by atoms with Gasteiger partial charge in [-0.2, -0.15) is 0 Å². The Morgan fingerprint density at radius 2 is 1.11 bits per heavy atom. The fraction of sp³-hybridized carbons (Fsp3) is 0.250. The Bertz CT molecular complexity index is 1790. The van der Waals surface area contributed by atoms with E-state index in [1.807, 2.05) is 6.07 Å². The first-order valence-corrected chi connectivity index (χ1v) is 13.3. The molecule has 5 nitrogen and oxygen atoms in total. The number of hydrogen-bond donors (Lipinski definition) is 0. The number of para-hydroxylation sites is 1. The Morgan fingerprint density at radius 1 is 0.622 bits per heavy atom. The molecule has 0 saturated heterocycles. The molecule has 2 heterocycles. The van der Waals surface area contributed by atoms with E-state index in [2.05, 4.69) is 83.6 Å². The van der Waals surface area contributed by atoms with Crippen LogP contribution in [0.3, 0.4) is 0 Å². The standard InChI is InChI=1S/C32H31N3O2/c1-3-5-17-33-29-10-8-7-9-25(29)26-19-22(11-14-30(26)33)23-12-15-31-27(20-23)28-21-24(35(36)37)13-16-32(28)34(31)18-6-4-2/h7-16,19-21H,3-6,17-18H2,1-2H3. The summed E-state index contributed by atoms with van der Waals surface area (Å²) in [5, 5.41) is 16.1. The minimum atomic E-state index is -0.305. The van der Waals surface area contributed by atoms with Gasteiger partial charge in [0.2, 0.25) is 0 Å². The summed E-state index contributed by atoms with van der Waals surface area (Å²) < 4.78 is 4.76. The molecule has 0 N–H and O–H groups in total. The van der Waals surface area contributed by atoms with Crippen LogP contribution >= 0.6 is 0 Å². The van der Waals surface area contributed by atoms with E-state index < -0.39 is 0 Å². The van der Waals surface area contributed by atoms with Crippen LogP contribution in [0, 0.1) is 10.1 Å². The first-order chi connectivity index (χ1) is 18.1. The molecule has 2 aromatic heterocycles. The number of hydrogen-bond acceptors (Lipinski definition) is 2. The van der Waals surface area contributed by atoms with Crippen LogP contribution in [0.1, 0.15) is 39.5 Å². The molecule has 0 bridgehead atoms. The second kappa shape index (κ2) is 9.40. The van der Waals surface area contributed by atoms with Crippen LogP contribution in [0.4, 0.5) is 5.69 Å². The second-order valence-corrected chi connectivity index (χ2v) is 9.95. The van der Waals surface area contributed by atoms with Crippen LogP contribution in [-0.2, 0) is 13.1 Å². The summed E-state index contributed by atoms with van der Waals surface area (Å²) in [4.78, 5) is 11.2. The number of nitrogens with zero attached hydrogens (tertiary/aromatic N) is 3. The molecule has 0 amide bonds. The number of aromatic nitrogens is 2. The summed E-state index contributed by atoms with van der Waals surface area (Å²) in [6.45, 7) is 6.33. The Kier molecular flexibility index (Phi) is 5.91. The van der Waals surface area contributed by atoms with Crippen LogP contribution in [-0.4, -0.2) is 14.1 Å². The number of aryl methyl sites for hydroxylation is 2. The third kappa shape index (κ3) is 3.86. The second-order valence-electron chi connectivity index (χ2n) is 9.95. The van der Waals surface area contributed by atoms with Gasteiger partial charge in [-0.1, -0.05) is 57.0 Å².